The minimum atomic E-state index is -0.751. The lowest BCUT2D eigenvalue weighted by Gasteiger charge is -2.21. The quantitative estimate of drug-likeness (QED) is 0.658. The predicted octanol–water partition coefficient (Wildman–Crippen LogP) is 3.78. The molecule has 0 aliphatic carbocycles. The van der Waals surface area contributed by atoms with Gasteiger partial charge in [0, 0.05) is 0 Å². The molecule has 0 aliphatic heterocycles. The van der Waals surface area contributed by atoms with Crippen LogP contribution in [-0.2, 0) is 14.2 Å². The second kappa shape index (κ2) is 7.55. The van der Waals surface area contributed by atoms with Gasteiger partial charge in [0.2, 0.25) is 0 Å². The van der Waals surface area contributed by atoms with Crippen LogP contribution in [-0.4, -0.2) is 36.3 Å². The van der Waals surface area contributed by atoms with Crippen molar-refractivity contribution in [3.63, 3.8) is 0 Å². The van der Waals surface area contributed by atoms with Crippen LogP contribution >= 0.6 is 0 Å². The van der Waals surface area contributed by atoms with E-state index < -0.39 is 29.2 Å². The first-order valence-corrected chi connectivity index (χ1v) is 7.78. The zero-order valence-electron chi connectivity index (χ0n) is 15.7. The molecule has 1 aromatic carbocycles. The van der Waals surface area contributed by atoms with Gasteiger partial charge in [0.05, 0.1) is 23.9 Å². The van der Waals surface area contributed by atoms with Crippen molar-refractivity contribution in [2.45, 2.75) is 52.7 Å². The van der Waals surface area contributed by atoms with Gasteiger partial charge >= 0.3 is 18.0 Å². The summed E-state index contributed by atoms with van der Waals surface area (Å²) in [5, 5.41) is 2.47. The van der Waals surface area contributed by atoms with Gasteiger partial charge < -0.3 is 14.2 Å². The van der Waals surface area contributed by atoms with Gasteiger partial charge in [-0.15, -0.1) is 0 Å². The zero-order chi connectivity index (χ0) is 19.4. The Kier molecular flexibility index (Phi) is 6.18. The summed E-state index contributed by atoms with van der Waals surface area (Å²) in [4.78, 5) is 36.1. The third-order valence-electron chi connectivity index (χ3n) is 2.70. The summed E-state index contributed by atoms with van der Waals surface area (Å²) < 4.78 is 15.2. The molecule has 1 rings (SSSR count). The fourth-order valence-corrected chi connectivity index (χ4v) is 1.81. The maximum absolute atomic E-state index is 12.2. The van der Waals surface area contributed by atoms with Gasteiger partial charge in [0.1, 0.15) is 11.2 Å². The van der Waals surface area contributed by atoms with Crippen LogP contribution in [0, 0.1) is 0 Å². The van der Waals surface area contributed by atoms with Crippen LogP contribution in [0.4, 0.5) is 10.5 Å². The van der Waals surface area contributed by atoms with Crippen molar-refractivity contribution in [3.8, 4) is 0 Å². The molecule has 0 fully saturated rings. The van der Waals surface area contributed by atoms with Crippen molar-refractivity contribution in [2.75, 3.05) is 12.4 Å². The van der Waals surface area contributed by atoms with E-state index >= 15 is 0 Å². The minimum Gasteiger partial charge on any atom is -0.465 e. The van der Waals surface area contributed by atoms with Crippen LogP contribution in [0.3, 0.4) is 0 Å². The topological polar surface area (TPSA) is 90.9 Å². The van der Waals surface area contributed by atoms with E-state index in [4.69, 9.17) is 14.2 Å². The van der Waals surface area contributed by atoms with Crippen molar-refractivity contribution >= 4 is 23.7 Å². The number of hydrogen-bond acceptors (Lipinski definition) is 6. The van der Waals surface area contributed by atoms with E-state index in [1.54, 1.807) is 41.5 Å². The zero-order valence-corrected chi connectivity index (χ0v) is 15.7. The second-order valence-electron chi connectivity index (χ2n) is 7.38. The highest BCUT2D eigenvalue weighted by Gasteiger charge is 2.23. The van der Waals surface area contributed by atoms with E-state index in [1.165, 1.54) is 25.3 Å². The normalized spacial score (nSPS) is 11.5. The first kappa shape index (κ1) is 20.5. The van der Waals surface area contributed by atoms with Gasteiger partial charge in [0.15, 0.2) is 0 Å². The van der Waals surface area contributed by atoms with Crippen molar-refractivity contribution < 1.29 is 28.6 Å². The predicted molar refractivity (Wildman–Crippen MR) is 92.8 cm³/mol. The number of hydrogen-bond donors (Lipinski definition) is 1. The van der Waals surface area contributed by atoms with E-state index in [9.17, 15) is 14.4 Å². The maximum atomic E-state index is 12.2. The minimum absolute atomic E-state index is 0.0978. The summed E-state index contributed by atoms with van der Waals surface area (Å²) in [6.45, 7) is 10.4. The standard InChI is InChI=1S/C18H25NO6/c1-17(2,3)24-14(20)11-8-9-12(15(21)23-7)13(10-11)19-16(22)25-18(4,5)6/h8-10H,1-7H3,(H,19,22). The lowest BCUT2D eigenvalue weighted by Crippen LogP contribution is -2.28. The number of anilines is 1. The van der Waals surface area contributed by atoms with Crippen LogP contribution in [0.5, 0.6) is 0 Å². The highest BCUT2D eigenvalue weighted by atomic mass is 16.6. The van der Waals surface area contributed by atoms with Crippen LogP contribution in [0.25, 0.3) is 0 Å². The first-order valence-electron chi connectivity index (χ1n) is 7.78. The molecule has 1 N–H and O–H groups in total. The fourth-order valence-electron chi connectivity index (χ4n) is 1.81. The Labute approximate surface area is 147 Å². The van der Waals surface area contributed by atoms with Gasteiger partial charge in [-0.2, -0.15) is 0 Å². The molecular formula is C18H25NO6. The van der Waals surface area contributed by atoms with E-state index in [0.717, 1.165) is 0 Å². The van der Waals surface area contributed by atoms with Gasteiger partial charge in [-0.25, -0.2) is 14.4 Å². The Morgan fingerprint density at radius 3 is 1.92 bits per heavy atom. The van der Waals surface area contributed by atoms with Gasteiger partial charge in [-0.3, -0.25) is 5.32 Å². The molecule has 0 heterocycles. The number of rotatable bonds is 3. The van der Waals surface area contributed by atoms with Crippen LogP contribution < -0.4 is 5.32 Å². The SMILES string of the molecule is COC(=O)c1ccc(C(=O)OC(C)(C)C)cc1NC(=O)OC(C)(C)C. The molecule has 0 radical (unpaired) electrons. The van der Waals surface area contributed by atoms with E-state index in [2.05, 4.69) is 5.32 Å². The van der Waals surface area contributed by atoms with Gasteiger partial charge in [0.25, 0.3) is 0 Å². The lowest BCUT2D eigenvalue weighted by atomic mass is 10.1. The molecule has 0 saturated heterocycles. The molecule has 0 atom stereocenters. The summed E-state index contributed by atoms with van der Waals surface area (Å²) in [6, 6.07) is 4.17. The third kappa shape index (κ3) is 6.82. The Bertz CT molecular complexity index is 667. The van der Waals surface area contributed by atoms with Crippen molar-refractivity contribution in [1.82, 2.24) is 0 Å². The molecule has 7 heteroatoms. The number of carbonyl (C=O) groups is 3. The number of methoxy groups -OCH3 is 1. The van der Waals surface area contributed by atoms with Crippen molar-refractivity contribution in [1.29, 1.82) is 0 Å². The lowest BCUT2D eigenvalue weighted by molar-refractivity contribution is 0.00687. The first-order chi connectivity index (χ1) is 11.3. The second-order valence-corrected chi connectivity index (χ2v) is 7.38. The molecule has 1 amide bonds. The third-order valence-corrected chi connectivity index (χ3v) is 2.70. The molecule has 0 spiro atoms. The van der Waals surface area contributed by atoms with Gasteiger partial charge in [-0.05, 0) is 59.7 Å². The maximum Gasteiger partial charge on any atom is 0.412 e. The number of ether oxygens (including phenoxy) is 3. The highest BCUT2D eigenvalue weighted by Crippen LogP contribution is 2.22. The van der Waals surface area contributed by atoms with Crippen molar-refractivity contribution in [3.05, 3.63) is 29.3 Å². The van der Waals surface area contributed by atoms with Crippen LogP contribution in [0.2, 0.25) is 0 Å². The molecule has 7 nitrogen and oxygen atoms in total. The number of amides is 1. The Balaban J connectivity index is 3.17. The Hall–Kier alpha value is -2.57. The van der Waals surface area contributed by atoms with Gasteiger partial charge in [-0.1, -0.05) is 0 Å². The van der Waals surface area contributed by atoms with E-state index in [1.807, 2.05) is 0 Å². The smallest absolute Gasteiger partial charge is 0.412 e. The van der Waals surface area contributed by atoms with Crippen LogP contribution in [0.15, 0.2) is 18.2 Å². The highest BCUT2D eigenvalue weighted by molar-refractivity contribution is 6.02. The Morgan fingerprint density at radius 2 is 1.44 bits per heavy atom. The van der Waals surface area contributed by atoms with E-state index in [-0.39, 0.29) is 16.8 Å². The number of carbonyl (C=O) groups excluding carboxylic acids is 3. The van der Waals surface area contributed by atoms with E-state index in [0.29, 0.717) is 0 Å². The molecule has 0 aromatic heterocycles. The molecule has 1 aromatic rings. The monoisotopic (exact) mass is 351 g/mol. The summed E-state index contributed by atoms with van der Waals surface area (Å²) in [5.74, 6) is -1.22. The number of esters is 2. The average Bonchev–Trinajstić information content (AvgIpc) is 2.42. The molecule has 25 heavy (non-hydrogen) atoms. The molecular weight excluding hydrogens is 326 g/mol. The molecule has 0 aliphatic rings. The number of nitrogens with one attached hydrogen (secondary N) is 1. The fraction of sp³-hybridized carbons (Fsp3) is 0.500. The van der Waals surface area contributed by atoms with Crippen molar-refractivity contribution in [2.24, 2.45) is 0 Å². The molecule has 0 saturated carbocycles. The molecule has 0 bridgehead atoms. The summed E-state index contributed by atoms with van der Waals surface area (Å²) >= 11 is 0. The van der Waals surface area contributed by atoms with Crippen LogP contribution in [0.1, 0.15) is 62.3 Å². The summed E-state index contributed by atoms with van der Waals surface area (Å²) in [6.07, 6.45) is -0.751. The molecule has 138 valence electrons. The molecule has 0 unspecified atom stereocenters. The summed E-state index contributed by atoms with van der Waals surface area (Å²) in [5.41, 5.74) is -0.992. The summed E-state index contributed by atoms with van der Waals surface area (Å²) in [7, 11) is 1.22. The largest absolute Gasteiger partial charge is 0.465 e. The Morgan fingerprint density at radius 1 is 0.880 bits per heavy atom. The average molecular weight is 351 g/mol. The number of benzene rings is 1.